The summed E-state index contributed by atoms with van der Waals surface area (Å²) in [7, 11) is 0. The summed E-state index contributed by atoms with van der Waals surface area (Å²) >= 11 is 3.61. The van der Waals surface area contributed by atoms with E-state index in [4.69, 9.17) is 4.74 Å². The zero-order valence-corrected chi connectivity index (χ0v) is 27.1. The van der Waals surface area contributed by atoms with E-state index in [1.807, 2.05) is 73.7 Å². The summed E-state index contributed by atoms with van der Waals surface area (Å²) in [6, 6.07) is 30.7. The van der Waals surface area contributed by atoms with E-state index in [0.717, 1.165) is 10.0 Å². The van der Waals surface area contributed by atoms with Crippen LogP contribution < -0.4 is 15.4 Å². The number of nitrogens with zero attached hydrogens (tertiary/aromatic N) is 1. The summed E-state index contributed by atoms with van der Waals surface area (Å²) in [5.74, 6) is -1.10. The number of rotatable bonds is 8. The van der Waals surface area contributed by atoms with Gasteiger partial charge in [-0.1, -0.05) is 90.4 Å². The van der Waals surface area contributed by atoms with Gasteiger partial charge in [0.1, 0.15) is 5.75 Å². The van der Waals surface area contributed by atoms with E-state index in [1.54, 1.807) is 41.3 Å². The lowest BCUT2D eigenvalue weighted by molar-refractivity contribution is -0.126. The van der Waals surface area contributed by atoms with E-state index < -0.39 is 29.4 Å². The number of likely N-dealkylation sites (tertiary alicyclic amines) is 1. The first-order valence-corrected chi connectivity index (χ1v) is 16.1. The van der Waals surface area contributed by atoms with Crippen molar-refractivity contribution in [2.24, 2.45) is 11.8 Å². The fraction of sp³-hybridized carbons (Fsp3) is 0.270. The van der Waals surface area contributed by atoms with Crippen LogP contribution in [-0.2, 0) is 10.3 Å². The van der Waals surface area contributed by atoms with Crippen molar-refractivity contribution in [2.45, 2.75) is 44.7 Å². The van der Waals surface area contributed by atoms with Gasteiger partial charge >= 0.3 is 6.03 Å². The van der Waals surface area contributed by atoms with Gasteiger partial charge in [0.15, 0.2) is 11.3 Å². The van der Waals surface area contributed by atoms with Crippen LogP contribution in [0.2, 0.25) is 0 Å². The lowest BCUT2D eigenvalue weighted by Gasteiger charge is -2.39. The predicted octanol–water partition coefficient (Wildman–Crippen LogP) is 8.24. The van der Waals surface area contributed by atoms with Gasteiger partial charge in [0, 0.05) is 38.9 Å². The molecule has 8 heteroatoms. The highest BCUT2D eigenvalue weighted by Crippen LogP contribution is 2.60. The Balaban J connectivity index is 1.61. The van der Waals surface area contributed by atoms with Gasteiger partial charge in [-0.3, -0.25) is 9.59 Å². The quantitative estimate of drug-likeness (QED) is 0.186. The number of fused-ring (bicyclic) bond motifs is 2. The van der Waals surface area contributed by atoms with Gasteiger partial charge in [-0.05, 0) is 67.3 Å². The van der Waals surface area contributed by atoms with Gasteiger partial charge in [-0.25, -0.2) is 4.79 Å². The molecule has 0 aliphatic carbocycles. The number of amides is 3. The molecule has 1 saturated heterocycles. The number of nitrogens with one attached hydrogen (secondary N) is 2. The van der Waals surface area contributed by atoms with E-state index in [2.05, 4.69) is 40.4 Å². The highest BCUT2D eigenvalue weighted by molar-refractivity contribution is 9.10. The van der Waals surface area contributed by atoms with Crippen molar-refractivity contribution in [3.63, 3.8) is 0 Å². The Morgan fingerprint density at radius 1 is 0.956 bits per heavy atom. The van der Waals surface area contributed by atoms with Gasteiger partial charge in [0.05, 0.1) is 12.5 Å². The van der Waals surface area contributed by atoms with Crippen LogP contribution in [0.4, 0.5) is 16.2 Å². The van der Waals surface area contributed by atoms with Crippen molar-refractivity contribution in [3.8, 4) is 5.75 Å². The third kappa shape index (κ3) is 5.41. The molecule has 45 heavy (non-hydrogen) atoms. The molecule has 4 aromatic rings. The van der Waals surface area contributed by atoms with Crippen LogP contribution in [0.3, 0.4) is 0 Å². The van der Waals surface area contributed by atoms with Crippen LogP contribution in [0.15, 0.2) is 108 Å². The monoisotopic (exact) mass is 665 g/mol. The molecule has 0 bridgehead atoms. The minimum Gasteiger partial charge on any atom is -0.494 e. The minimum atomic E-state index is -1.62. The van der Waals surface area contributed by atoms with E-state index in [9.17, 15) is 14.4 Å². The van der Waals surface area contributed by atoms with Crippen LogP contribution in [-0.4, -0.2) is 35.3 Å². The first-order chi connectivity index (χ1) is 21.7. The molecule has 0 aromatic heterocycles. The first kappa shape index (κ1) is 30.6. The maximum absolute atomic E-state index is 14.9. The molecule has 2 N–H and O–H groups in total. The average Bonchev–Trinajstić information content (AvgIpc) is 3.49. The Kier molecular flexibility index (Phi) is 8.51. The van der Waals surface area contributed by atoms with Crippen LogP contribution in [0.1, 0.15) is 54.6 Å². The number of anilines is 2. The van der Waals surface area contributed by atoms with E-state index in [0.29, 0.717) is 41.3 Å². The lowest BCUT2D eigenvalue weighted by atomic mass is 9.69. The van der Waals surface area contributed by atoms with Crippen molar-refractivity contribution < 1.29 is 19.1 Å². The molecular formula is C37H36BrN3O4. The molecule has 7 nitrogen and oxygen atoms in total. The molecule has 1 spiro atoms. The second-order valence-corrected chi connectivity index (χ2v) is 12.9. The van der Waals surface area contributed by atoms with Crippen molar-refractivity contribution in [2.75, 3.05) is 17.2 Å². The van der Waals surface area contributed by atoms with Crippen molar-refractivity contribution in [1.82, 2.24) is 4.90 Å². The molecule has 0 radical (unpaired) electrons. The summed E-state index contributed by atoms with van der Waals surface area (Å²) < 4.78 is 6.34. The number of carbonyl (C=O) groups is 3. The molecule has 2 heterocycles. The van der Waals surface area contributed by atoms with Crippen LogP contribution in [0, 0.1) is 11.8 Å². The number of ketones is 1. The third-order valence-corrected chi connectivity index (χ3v) is 9.29. The number of ether oxygens (including phenoxy) is 1. The van der Waals surface area contributed by atoms with Gasteiger partial charge in [0.25, 0.3) is 5.91 Å². The zero-order chi connectivity index (χ0) is 31.7. The van der Waals surface area contributed by atoms with E-state index in [-0.39, 0.29) is 17.6 Å². The maximum Gasteiger partial charge on any atom is 0.323 e. The number of urea groups is 1. The highest BCUT2D eigenvalue weighted by atomic mass is 79.9. The van der Waals surface area contributed by atoms with Gasteiger partial charge in [-0.2, -0.15) is 0 Å². The van der Waals surface area contributed by atoms with E-state index >= 15 is 0 Å². The van der Waals surface area contributed by atoms with Crippen molar-refractivity contribution in [3.05, 3.63) is 124 Å². The third-order valence-electron chi connectivity index (χ3n) is 8.80. The van der Waals surface area contributed by atoms with Gasteiger partial charge in [-0.15, -0.1) is 0 Å². The molecule has 4 atom stereocenters. The van der Waals surface area contributed by atoms with Crippen LogP contribution >= 0.6 is 15.9 Å². The number of benzene rings is 4. The minimum absolute atomic E-state index is 0.163. The number of halogens is 1. The van der Waals surface area contributed by atoms with Gasteiger partial charge in [0.2, 0.25) is 0 Å². The van der Waals surface area contributed by atoms with Crippen LogP contribution in [0.5, 0.6) is 5.75 Å². The Hall–Kier alpha value is -4.43. The fourth-order valence-corrected chi connectivity index (χ4v) is 7.50. The molecule has 2 aliphatic rings. The predicted molar refractivity (Wildman–Crippen MR) is 180 cm³/mol. The first-order valence-electron chi connectivity index (χ1n) is 15.3. The molecule has 2 aliphatic heterocycles. The second-order valence-electron chi connectivity index (χ2n) is 12.0. The molecule has 0 saturated carbocycles. The molecular weight excluding hydrogens is 630 g/mol. The maximum atomic E-state index is 14.9. The molecule has 4 unspecified atom stereocenters. The highest BCUT2D eigenvalue weighted by Gasteiger charge is 2.70. The largest absolute Gasteiger partial charge is 0.494 e. The smallest absolute Gasteiger partial charge is 0.323 e. The summed E-state index contributed by atoms with van der Waals surface area (Å²) in [5, 5.41) is 6.13. The number of Topliss-reactive ketones (excluding diaryl/α,β-unsaturated/α-hetero) is 1. The lowest BCUT2D eigenvalue weighted by Crippen LogP contribution is -2.57. The summed E-state index contributed by atoms with van der Waals surface area (Å²) in [5.41, 5.74) is 1.53. The van der Waals surface area contributed by atoms with Crippen molar-refractivity contribution >= 4 is 45.0 Å². The number of carbonyl (C=O) groups excluding carboxylic acids is 3. The topological polar surface area (TPSA) is 87.7 Å². The summed E-state index contributed by atoms with van der Waals surface area (Å²) in [4.78, 5) is 46.1. The summed E-state index contributed by atoms with van der Waals surface area (Å²) in [6.07, 6.45) is 0.577. The van der Waals surface area contributed by atoms with Crippen LogP contribution in [0.25, 0.3) is 0 Å². The second kappa shape index (κ2) is 12.5. The Labute approximate surface area is 272 Å². The fourth-order valence-electron chi connectivity index (χ4n) is 7.14. The zero-order valence-electron chi connectivity index (χ0n) is 25.5. The summed E-state index contributed by atoms with van der Waals surface area (Å²) in [6.45, 7) is 6.64. The number of hydrogen-bond acceptors (Lipinski definition) is 4. The standard InChI is InChI=1S/C37H36BrN3O4/c1-4-45-28-18-16-27(17-19-28)39-36(44)41-31(21-23(2)3)32(24-11-7-5-8-12-24)33(34(42)25-13-9-6-10-14-25)37(41)29-22-26(38)15-20-30(29)40-35(37)43/h5-20,22-23,31-33H,4,21H2,1-3H3,(H,39,44)(H,40,43). The SMILES string of the molecule is CCOc1ccc(NC(=O)N2C(CC(C)C)C(c3ccccc3)C(C(=O)c3ccccc3)C23C(=O)Nc2ccc(Br)cc23)cc1. The van der Waals surface area contributed by atoms with Gasteiger partial charge < -0.3 is 20.3 Å². The van der Waals surface area contributed by atoms with E-state index in [1.165, 1.54) is 0 Å². The average molecular weight is 667 g/mol. The Bertz CT molecular complexity index is 1710. The molecule has 6 rings (SSSR count). The normalized spacial score (nSPS) is 21.9. The van der Waals surface area contributed by atoms with Crippen molar-refractivity contribution in [1.29, 1.82) is 0 Å². The Morgan fingerprint density at radius 3 is 2.27 bits per heavy atom. The molecule has 3 amide bonds. The number of hydrogen-bond donors (Lipinski definition) is 2. The molecule has 1 fully saturated rings. The molecule has 230 valence electrons. The molecule has 4 aromatic carbocycles. The Morgan fingerprint density at radius 2 is 1.62 bits per heavy atom.